The van der Waals surface area contributed by atoms with E-state index < -0.39 is 0 Å². The third-order valence-corrected chi connectivity index (χ3v) is 4.76. The standard InChI is InChI=1S/C19H26N4O3S/c1-3-26-15-8-6-14(7-9-15)13(2)22-17(24)5-4-10-21-19(25)16-12-27-18(11-20)23-16/h6-9,12-13H,3-5,10-11,20H2,1-2H3,(H,21,25)(H,22,24). The summed E-state index contributed by atoms with van der Waals surface area (Å²) in [7, 11) is 0. The van der Waals surface area contributed by atoms with Gasteiger partial charge in [0.25, 0.3) is 5.91 Å². The lowest BCUT2D eigenvalue weighted by atomic mass is 10.1. The monoisotopic (exact) mass is 390 g/mol. The van der Waals surface area contributed by atoms with E-state index >= 15 is 0 Å². The molecule has 1 heterocycles. The maximum absolute atomic E-state index is 12.1. The molecular weight excluding hydrogens is 364 g/mol. The Labute approximate surface area is 163 Å². The fourth-order valence-corrected chi connectivity index (χ4v) is 3.12. The number of nitrogens with two attached hydrogens (primary N) is 1. The largest absolute Gasteiger partial charge is 0.494 e. The molecule has 8 heteroatoms. The van der Waals surface area contributed by atoms with Crippen LogP contribution in [0.1, 0.15) is 53.8 Å². The number of aromatic nitrogens is 1. The molecule has 2 amide bonds. The van der Waals surface area contributed by atoms with Gasteiger partial charge in [0.1, 0.15) is 16.5 Å². The van der Waals surface area contributed by atoms with E-state index in [2.05, 4.69) is 15.6 Å². The van der Waals surface area contributed by atoms with Gasteiger partial charge in [-0.25, -0.2) is 4.98 Å². The van der Waals surface area contributed by atoms with Crippen molar-refractivity contribution in [2.45, 2.75) is 39.3 Å². The molecule has 146 valence electrons. The molecule has 1 unspecified atom stereocenters. The van der Waals surface area contributed by atoms with Crippen molar-refractivity contribution in [2.75, 3.05) is 13.2 Å². The summed E-state index contributed by atoms with van der Waals surface area (Å²) in [6.45, 7) is 5.24. The zero-order valence-electron chi connectivity index (χ0n) is 15.7. The molecule has 0 saturated carbocycles. The van der Waals surface area contributed by atoms with Crippen LogP contribution in [0, 0.1) is 0 Å². The van der Waals surface area contributed by atoms with E-state index in [9.17, 15) is 9.59 Å². The first-order valence-corrected chi connectivity index (χ1v) is 9.86. The van der Waals surface area contributed by atoms with Crippen LogP contribution in [0.4, 0.5) is 0 Å². The highest BCUT2D eigenvalue weighted by Crippen LogP contribution is 2.17. The number of hydrogen-bond acceptors (Lipinski definition) is 6. The number of rotatable bonds is 10. The fraction of sp³-hybridized carbons (Fsp3) is 0.421. The second kappa shape index (κ2) is 10.6. The van der Waals surface area contributed by atoms with Gasteiger partial charge in [0.2, 0.25) is 5.91 Å². The van der Waals surface area contributed by atoms with Crippen LogP contribution in [0.15, 0.2) is 29.6 Å². The molecule has 0 bridgehead atoms. The van der Waals surface area contributed by atoms with Crippen LogP contribution >= 0.6 is 11.3 Å². The molecule has 2 aromatic rings. The first kappa shape index (κ1) is 20.9. The van der Waals surface area contributed by atoms with Gasteiger partial charge in [-0.2, -0.15) is 0 Å². The number of thiazole rings is 1. The van der Waals surface area contributed by atoms with Gasteiger partial charge in [0, 0.05) is 24.9 Å². The Morgan fingerprint density at radius 2 is 2.04 bits per heavy atom. The average molecular weight is 391 g/mol. The lowest BCUT2D eigenvalue weighted by Crippen LogP contribution is -2.29. The Morgan fingerprint density at radius 1 is 1.30 bits per heavy atom. The summed E-state index contributed by atoms with van der Waals surface area (Å²) in [4.78, 5) is 28.1. The van der Waals surface area contributed by atoms with Gasteiger partial charge in [-0.1, -0.05) is 12.1 Å². The summed E-state index contributed by atoms with van der Waals surface area (Å²) in [6, 6.07) is 7.59. The summed E-state index contributed by atoms with van der Waals surface area (Å²) >= 11 is 1.36. The van der Waals surface area contributed by atoms with Crippen molar-refractivity contribution in [1.29, 1.82) is 0 Å². The number of carbonyl (C=O) groups is 2. The SMILES string of the molecule is CCOc1ccc(C(C)NC(=O)CCCNC(=O)c2csc(CN)n2)cc1. The van der Waals surface area contributed by atoms with Gasteiger partial charge in [0.15, 0.2) is 0 Å². The molecule has 0 aliphatic carbocycles. The summed E-state index contributed by atoms with van der Waals surface area (Å²) in [6.07, 6.45) is 0.897. The van der Waals surface area contributed by atoms with Gasteiger partial charge in [-0.05, 0) is 38.0 Å². The average Bonchev–Trinajstić information content (AvgIpc) is 3.15. The summed E-state index contributed by atoms with van der Waals surface area (Å²) in [5.74, 6) is 0.521. The molecule has 27 heavy (non-hydrogen) atoms. The minimum absolute atomic E-state index is 0.0512. The molecule has 1 atom stereocenters. The van der Waals surface area contributed by atoms with Gasteiger partial charge in [-0.3, -0.25) is 9.59 Å². The third kappa shape index (κ3) is 6.65. The molecule has 0 fully saturated rings. The number of benzene rings is 1. The van der Waals surface area contributed by atoms with Crippen molar-refractivity contribution in [3.05, 3.63) is 45.9 Å². The van der Waals surface area contributed by atoms with Gasteiger partial charge < -0.3 is 21.1 Å². The van der Waals surface area contributed by atoms with Gasteiger partial charge in [0.05, 0.1) is 12.6 Å². The minimum atomic E-state index is -0.242. The van der Waals surface area contributed by atoms with Crippen LogP contribution in [-0.2, 0) is 11.3 Å². The molecule has 0 spiro atoms. The second-order valence-electron chi connectivity index (χ2n) is 5.98. The second-order valence-corrected chi connectivity index (χ2v) is 6.92. The van der Waals surface area contributed by atoms with E-state index in [1.807, 2.05) is 38.1 Å². The molecule has 0 aliphatic rings. The van der Waals surface area contributed by atoms with Crippen molar-refractivity contribution in [1.82, 2.24) is 15.6 Å². The zero-order valence-corrected chi connectivity index (χ0v) is 16.5. The lowest BCUT2D eigenvalue weighted by molar-refractivity contribution is -0.121. The summed E-state index contributed by atoms with van der Waals surface area (Å²) in [5.41, 5.74) is 6.87. The van der Waals surface area contributed by atoms with Crippen molar-refractivity contribution in [3.8, 4) is 5.75 Å². The van der Waals surface area contributed by atoms with Crippen LogP contribution < -0.4 is 21.1 Å². The minimum Gasteiger partial charge on any atom is -0.494 e. The predicted octanol–water partition coefficient (Wildman–Crippen LogP) is 2.39. The molecule has 1 aromatic heterocycles. The topological polar surface area (TPSA) is 106 Å². The Morgan fingerprint density at radius 3 is 2.67 bits per heavy atom. The lowest BCUT2D eigenvalue weighted by Gasteiger charge is -2.15. The fourth-order valence-electron chi connectivity index (χ4n) is 2.47. The number of carbonyl (C=O) groups excluding carboxylic acids is 2. The molecule has 1 aromatic carbocycles. The summed E-state index contributed by atoms with van der Waals surface area (Å²) < 4.78 is 5.41. The molecule has 7 nitrogen and oxygen atoms in total. The number of nitrogens with zero attached hydrogens (tertiary/aromatic N) is 1. The predicted molar refractivity (Wildman–Crippen MR) is 106 cm³/mol. The van der Waals surface area contributed by atoms with Crippen LogP contribution in [0.3, 0.4) is 0 Å². The van der Waals surface area contributed by atoms with Crippen LogP contribution in [0.25, 0.3) is 0 Å². The number of hydrogen-bond donors (Lipinski definition) is 3. The number of amides is 2. The van der Waals surface area contributed by atoms with Gasteiger partial charge >= 0.3 is 0 Å². The Balaban J connectivity index is 1.68. The first-order valence-electron chi connectivity index (χ1n) is 8.98. The van der Waals surface area contributed by atoms with Crippen molar-refractivity contribution >= 4 is 23.2 Å². The molecule has 2 rings (SSSR count). The molecule has 0 radical (unpaired) electrons. The quantitative estimate of drug-likeness (QED) is 0.540. The highest BCUT2D eigenvalue weighted by atomic mass is 32.1. The zero-order chi connectivity index (χ0) is 19.6. The number of nitrogens with one attached hydrogen (secondary N) is 2. The Bertz CT molecular complexity index is 746. The normalized spacial score (nSPS) is 11.7. The molecule has 0 saturated heterocycles. The van der Waals surface area contributed by atoms with E-state index in [1.165, 1.54) is 11.3 Å². The maximum atomic E-state index is 12.1. The van der Waals surface area contributed by atoms with E-state index in [-0.39, 0.29) is 17.9 Å². The number of ether oxygens (including phenoxy) is 1. The van der Waals surface area contributed by atoms with Gasteiger partial charge in [-0.15, -0.1) is 11.3 Å². The highest BCUT2D eigenvalue weighted by Gasteiger charge is 2.11. The Hall–Kier alpha value is -2.45. The summed E-state index contributed by atoms with van der Waals surface area (Å²) in [5, 5.41) is 8.13. The van der Waals surface area contributed by atoms with E-state index in [1.54, 1.807) is 5.38 Å². The van der Waals surface area contributed by atoms with Crippen LogP contribution in [-0.4, -0.2) is 29.9 Å². The smallest absolute Gasteiger partial charge is 0.270 e. The van der Waals surface area contributed by atoms with E-state index in [0.29, 0.717) is 38.2 Å². The van der Waals surface area contributed by atoms with Crippen molar-refractivity contribution < 1.29 is 14.3 Å². The molecule has 4 N–H and O–H groups in total. The van der Waals surface area contributed by atoms with E-state index in [4.69, 9.17) is 10.5 Å². The van der Waals surface area contributed by atoms with E-state index in [0.717, 1.165) is 16.3 Å². The molecule has 0 aliphatic heterocycles. The maximum Gasteiger partial charge on any atom is 0.270 e. The van der Waals surface area contributed by atoms with Crippen LogP contribution in [0.5, 0.6) is 5.75 Å². The van der Waals surface area contributed by atoms with Crippen LogP contribution in [0.2, 0.25) is 0 Å². The Kier molecular flexibility index (Phi) is 8.22. The highest BCUT2D eigenvalue weighted by molar-refractivity contribution is 7.09. The first-order chi connectivity index (χ1) is 13.0. The van der Waals surface area contributed by atoms with Crippen molar-refractivity contribution in [2.24, 2.45) is 5.73 Å². The third-order valence-electron chi connectivity index (χ3n) is 3.89. The molecular formula is C19H26N4O3S. The van der Waals surface area contributed by atoms with Crippen molar-refractivity contribution in [3.63, 3.8) is 0 Å².